The molecule has 0 amide bonds. The Bertz CT molecular complexity index is 333. The summed E-state index contributed by atoms with van der Waals surface area (Å²) in [6.07, 6.45) is 0. The summed E-state index contributed by atoms with van der Waals surface area (Å²) in [6.45, 7) is 14.4. The highest BCUT2D eigenvalue weighted by Gasteiger charge is 2.48. The second kappa shape index (κ2) is 6.79. The van der Waals surface area contributed by atoms with Gasteiger partial charge in [-0.05, 0) is 19.1 Å². The van der Waals surface area contributed by atoms with E-state index in [0.29, 0.717) is 5.41 Å². The van der Waals surface area contributed by atoms with Crippen molar-refractivity contribution in [1.82, 2.24) is 0 Å². The minimum Gasteiger partial charge on any atom is -0.380 e. The average Bonchev–Trinajstić information content (AvgIpc) is 2.33. The molecule has 0 bridgehead atoms. The van der Waals surface area contributed by atoms with Gasteiger partial charge in [0.2, 0.25) is 0 Å². The Morgan fingerprint density at radius 1 is 0.944 bits per heavy atom. The van der Waals surface area contributed by atoms with Crippen molar-refractivity contribution in [3.05, 3.63) is 29.8 Å². The molecule has 2 aliphatic rings. The molecule has 2 aliphatic heterocycles. The van der Waals surface area contributed by atoms with Crippen LogP contribution in [-0.4, -0.2) is 26.3 Å². The molecule has 2 heterocycles. The Hall–Kier alpha value is -1.02. The molecule has 0 unspecified atom stereocenters. The minimum atomic E-state index is 0.519. The highest BCUT2D eigenvalue weighted by Crippen LogP contribution is 2.39. The molecule has 2 heteroatoms. The van der Waals surface area contributed by atoms with Gasteiger partial charge in [-0.3, -0.25) is 0 Å². The molecule has 102 valence electrons. The van der Waals surface area contributed by atoms with E-state index < -0.39 is 0 Å². The van der Waals surface area contributed by atoms with Gasteiger partial charge in [-0.1, -0.05) is 45.4 Å². The fourth-order valence-corrected chi connectivity index (χ4v) is 2.27. The summed E-state index contributed by atoms with van der Waals surface area (Å²) in [5.74, 6) is 0. The molecule has 0 aromatic heterocycles. The Kier molecular flexibility index (Phi) is 5.67. The van der Waals surface area contributed by atoms with Crippen molar-refractivity contribution in [3.63, 3.8) is 0 Å². The lowest BCUT2D eigenvalue weighted by Crippen LogP contribution is -2.66. The van der Waals surface area contributed by atoms with Gasteiger partial charge in [-0.25, -0.2) is 0 Å². The van der Waals surface area contributed by atoms with E-state index in [9.17, 15) is 0 Å². The molecule has 1 spiro atoms. The summed E-state index contributed by atoms with van der Waals surface area (Å²) in [5.41, 5.74) is 3.20. The second-order valence-corrected chi connectivity index (χ2v) is 4.68. The van der Waals surface area contributed by atoms with E-state index in [2.05, 4.69) is 36.1 Å². The number of rotatable bonds is 1. The number of nitrogens with zero attached hydrogens (tertiary/aromatic N) is 1. The predicted molar refractivity (Wildman–Crippen MR) is 79.3 cm³/mol. The summed E-state index contributed by atoms with van der Waals surface area (Å²) < 4.78 is 5.26. The molecule has 2 saturated heterocycles. The fraction of sp³-hybridized carbons (Fsp3) is 0.625. The lowest BCUT2D eigenvalue weighted by Gasteiger charge is -2.56. The standard InChI is InChI=1S/C12H15NO.2C2H6/c1-10-2-4-11(5-3-10)13-6-12(7-13)8-14-9-12;2*1-2/h2-5H,6-9H2,1H3;2*1-2H3. The molecular weight excluding hydrogens is 222 g/mol. The van der Waals surface area contributed by atoms with Crippen molar-refractivity contribution in [2.45, 2.75) is 34.6 Å². The van der Waals surface area contributed by atoms with Crippen molar-refractivity contribution < 1.29 is 4.74 Å². The summed E-state index contributed by atoms with van der Waals surface area (Å²) in [4.78, 5) is 2.43. The normalized spacial score (nSPS) is 18.6. The predicted octanol–water partition coefficient (Wildman–Crippen LogP) is 3.88. The van der Waals surface area contributed by atoms with Crippen molar-refractivity contribution in [2.75, 3.05) is 31.2 Å². The van der Waals surface area contributed by atoms with Crippen LogP contribution in [-0.2, 0) is 4.74 Å². The van der Waals surface area contributed by atoms with Gasteiger partial charge in [0.05, 0.1) is 18.6 Å². The number of benzene rings is 1. The molecule has 2 nitrogen and oxygen atoms in total. The first kappa shape index (κ1) is 15.0. The Labute approximate surface area is 112 Å². The Morgan fingerprint density at radius 3 is 1.83 bits per heavy atom. The van der Waals surface area contributed by atoms with Crippen LogP contribution in [0.3, 0.4) is 0 Å². The van der Waals surface area contributed by atoms with Crippen LogP contribution in [0.25, 0.3) is 0 Å². The van der Waals surface area contributed by atoms with Crippen molar-refractivity contribution in [2.24, 2.45) is 5.41 Å². The van der Waals surface area contributed by atoms with Gasteiger partial charge >= 0.3 is 0 Å². The van der Waals surface area contributed by atoms with Crippen LogP contribution in [0.15, 0.2) is 24.3 Å². The molecule has 1 aromatic carbocycles. The van der Waals surface area contributed by atoms with Crippen molar-refractivity contribution >= 4 is 5.69 Å². The van der Waals surface area contributed by atoms with E-state index in [4.69, 9.17) is 4.74 Å². The summed E-state index contributed by atoms with van der Waals surface area (Å²) in [5, 5.41) is 0. The first-order chi connectivity index (χ1) is 8.77. The van der Waals surface area contributed by atoms with Gasteiger partial charge in [0.15, 0.2) is 0 Å². The van der Waals surface area contributed by atoms with Gasteiger partial charge in [-0.15, -0.1) is 0 Å². The van der Waals surface area contributed by atoms with Gasteiger partial charge in [-0.2, -0.15) is 0 Å². The van der Waals surface area contributed by atoms with Gasteiger partial charge in [0, 0.05) is 18.8 Å². The number of anilines is 1. The largest absolute Gasteiger partial charge is 0.380 e. The van der Waals surface area contributed by atoms with E-state index >= 15 is 0 Å². The van der Waals surface area contributed by atoms with Crippen molar-refractivity contribution in [1.29, 1.82) is 0 Å². The summed E-state index contributed by atoms with van der Waals surface area (Å²) in [6, 6.07) is 8.78. The second-order valence-electron chi connectivity index (χ2n) is 4.68. The Balaban J connectivity index is 0.000000371. The maximum Gasteiger partial charge on any atom is 0.0579 e. The zero-order valence-corrected chi connectivity index (χ0v) is 12.5. The van der Waals surface area contributed by atoms with Crippen LogP contribution in [0.4, 0.5) is 5.69 Å². The summed E-state index contributed by atoms with van der Waals surface area (Å²) in [7, 11) is 0. The van der Waals surface area contributed by atoms with Crippen LogP contribution in [0.2, 0.25) is 0 Å². The summed E-state index contributed by atoms with van der Waals surface area (Å²) >= 11 is 0. The SMILES string of the molecule is CC.CC.Cc1ccc(N2CC3(COC3)C2)cc1. The third-order valence-electron chi connectivity index (χ3n) is 3.27. The lowest BCUT2D eigenvalue weighted by atomic mass is 9.78. The maximum atomic E-state index is 5.26. The van der Waals surface area contributed by atoms with Gasteiger partial charge in [0.1, 0.15) is 0 Å². The van der Waals surface area contributed by atoms with Crippen LogP contribution >= 0.6 is 0 Å². The molecule has 3 rings (SSSR count). The number of aryl methyl sites for hydroxylation is 1. The van der Waals surface area contributed by atoms with E-state index in [1.54, 1.807) is 0 Å². The zero-order chi connectivity index (χ0) is 13.6. The van der Waals surface area contributed by atoms with Crippen molar-refractivity contribution in [3.8, 4) is 0 Å². The average molecular weight is 249 g/mol. The zero-order valence-electron chi connectivity index (χ0n) is 12.5. The molecule has 0 aliphatic carbocycles. The van der Waals surface area contributed by atoms with E-state index in [-0.39, 0.29) is 0 Å². The van der Waals surface area contributed by atoms with Crippen LogP contribution in [0.5, 0.6) is 0 Å². The van der Waals surface area contributed by atoms with Crippen LogP contribution in [0, 0.1) is 12.3 Å². The minimum absolute atomic E-state index is 0.519. The molecule has 0 radical (unpaired) electrons. The molecule has 1 aromatic rings. The highest BCUT2D eigenvalue weighted by atomic mass is 16.5. The molecular formula is C16H27NO. The van der Waals surface area contributed by atoms with E-state index in [1.165, 1.54) is 24.3 Å². The monoisotopic (exact) mass is 249 g/mol. The first-order valence-corrected chi connectivity index (χ1v) is 7.17. The Morgan fingerprint density at radius 2 is 1.44 bits per heavy atom. The maximum absolute atomic E-state index is 5.26. The van der Waals surface area contributed by atoms with Gasteiger partial charge in [0.25, 0.3) is 0 Å². The fourth-order valence-electron chi connectivity index (χ4n) is 2.27. The molecule has 2 fully saturated rings. The van der Waals surface area contributed by atoms with E-state index in [1.807, 2.05) is 27.7 Å². The third kappa shape index (κ3) is 3.05. The van der Waals surface area contributed by atoms with Crippen LogP contribution < -0.4 is 4.90 Å². The quantitative estimate of drug-likeness (QED) is 0.749. The lowest BCUT2D eigenvalue weighted by molar-refractivity contribution is -0.127. The van der Waals surface area contributed by atoms with E-state index in [0.717, 1.165) is 13.2 Å². The number of ether oxygens (including phenoxy) is 1. The smallest absolute Gasteiger partial charge is 0.0579 e. The van der Waals surface area contributed by atoms with Crippen LogP contribution in [0.1, 0.15) is 33.3 Å². The highest BCUT2D eigenvalue weighted by molar-refractivity contribution is 5.51. The molecule has 0 atom stereocenters. The third-order valence-corrected chi connectivity index (χ3v) is 3.27. The topological polar surface area (TPSA) is 12.5 Å². The number of hydrogen-bond donors (Lipinski definition) is 0. The molecule has 18 heavy (non-hydrogen) atoms. The molecule has 0 saturated carbocycles. The number of hydrogen-bond acceptors (Lipinski definition) is 2. The first-order valence-electron chi connectivity index (χ1n) is 7.17. The van der Waals surface area contributed by atoms with Gasteiger partial charge < -0.3 is 9.64 Å². The molecule has 0 N–H and O–H groups in total.